The molecule has 0 bridgehead atoms. The monoisotopic (exact) mass is 591 g/mol. The van der Waals surface area contributed by atoms with E-state index in [1.54, 1.807) is 11.1 Å². The number of fused-ring (bicyclic) bond motifs is 1. The standard InChI is InChI=1S/C35H37N5O4/c1-34(2,3)44-33(42)40-26(19-28(41)31(40)27-20-37-30-29(27)38-22-39-32(30)36)21-43-35(23-13-7-4-8-14-23,24-15-9-5-10-16-24)25-17-11-6-12-18-25/h4-18,20,22,26,28,31,37,41H,19,21H2,1-3H3,(H2,36,38,39)/t26?,28-,31?/m1/s1. The number of aromatic nitrogens is 3. The van der Waals surface area contributed by atoms with Gasteiger partial charge in [0.1, 0.15) is 23.0 Å². The highest BCUT2D eigenvalue weighted by Gasteiger charge is 2.48. The van der Waals surface area contributed by atoms with E-state index in [0.29, 0.717) is 16.6 Å². The molecule has 3 atom stereocenters. The van der Waals surface area contributed by atoms with Gasteiger partial charge < -0.3 is 25.3 Å². The van der Waals surface area contributed by atoms with Gasteiger partial charge in [-0.15, -0.1) is 0 Å². The smallest absolute Gasteiger partial charge is 0.411 e. The molecule has 0 spiro atoms. The number of carbonyl (C=O) groups excluding carboxylic acids is 1. The van der Waals surface area contributed by atoms with Crippen LogP contribution in [0, 0.1) is 0 Å². The van der Waals surface area contributed by atoms with E-state index in [0.717, 1.165) is 16.7 Å². The Balaban J connectivity index is 1.44. The maximum Gasteiger partial charge on any atom is 0.411 e. The number of anilines is 1. The molecular formula is C35H37N5O4. The third kappa shape index (κ3) is 5.40. The summed E-state index contributed by atoms with van der Waals surface area (Å²) in [7, 11) is 0. The van der Waals surface area contributed by atoms with Crippen molar-refractivity contribution in [3.05, 3.63) is 126 Å². The minimum Gasteiger partial charge on any atom is -0.444 e. The maximum absolute atomic E-state index is 13.9. The molecule has 2 aromatic heterocycles. The Labute approximate surface area is 256 Å². The molecule has 3 aromatic carbocycles. The van der Waals surface area contributed by atoms with E-state index in [4.69, 9.17) is 15.2 Å². The normalized spacial score (nSPS) is 18.9. The highest BCUT2D eigenvalue weighted by Crippen LogP contribution is 2.44. The van der Waals surface area contributed by atoms with Crippen LogP contribution >= 0.6 is 0 Å². The number of nitrogens with two attached hydrogens (primary N) is 1. The fraction of sp³-hybridized carbons (Fsp3) is 0.286. The molecule has 6 rings (SSSR count). The number of benzene rings is 3. The van der Waals surface area contributed by atoms with Crippen molar-refractivity contribution in [2.75, 3.05) is 12.3 Å². The number of amides is 1. The van der Waals surface area contributed by atoms with Crippen LogP contribution in [0.2, 0.25) is 0 Å². The molecule has 44 heavy (non-hydrogen) atoms. The highest BCUT2D eigenvalue weighted by atomic mass is 16.6. The zero-order valence-electron chi connectivity index (χ0n) is 25.1. The highest BCUT2D eigenvalue weighted by molar-refractivity contribution is 5.88. The molecule has 9 nitrogen and oxygen atoms in total. The van der Waals surface area contributed by atoms with Gasteiger partial charge in [-0.05, 0) is 43.9 Å². The van der Waals surface area contributed by atoms with Crippen LogP contribution in [0.25, 0.3) is 11.0 Å². The van der Waals surface area contributed by atoms with Crippen LogP contribution in [-0.2, 0) is 15.1 Å². The summed E-state index contributed by atoms with van der Waals surface area (Å²) >= 11 is 0. The number of hydrogen-bond acceptors (Lipinski definition) is 7. The molecule has 9 heteroatoms. The topological polar surface area (TPSA) is 127 Å². The third-order valence-electron chi connectivity index (χ3n) is 8.05. The first-order valence-electron chi connectivity index (χ1n) is 14.8. The predicted octanol–water partition coefficient (Wildman–Crippen LogP) is 5.96. The summed E-state index contributed by atoms with van der Waals surface area (Å²) in [6.45, 7) is 5.58. The molecule has 0 saturated carbocycles. The SMILES string of the molecule is CC(C)(C)OC(=O)N1C(COC(c2ccccc2)(c2ccccc2)c2ccccc2)C[C@@H](O)C1c1c[nH]c2c(N)ncnc12. The van der Waals surface area contributed by atoms with Gasteiger partial charge in [0.2, 0.25) is 0 Å². The van der Waals surface area contributed by atoms with E-state index in [1.807, 2.05) is 112 Å². The summed E-state index contributed by atoms with van der Waals surface area (Å²) in [5.74, 6) is 0.288. The zero-order chi connectivity index (χ0) is 30.9. The lowest BCUT2D eigenvalue weighted by Crippen LogP contribution is -2.45. The van der Waals surface area contributed by atoms with Crippen molar-refractivity contribution >= 4 is 22.9 Å². The molecule has 3 heterocycles. The first kappa shape index (κ1) is 29.3. The van der Waals surface area contributed by atoms with E-state index in [1.165, 1.54) is 6.33 Å². The lowest BCUT2D eigenvalue weighted by molar-refractivity contribution is -0.0315. The Kier molecular flexibility index (Phi) is 7.84. The van der Waals surface area contributed by atoms with Gasteiger partial charge in [-0.1, -0.05) is 91.0 Å². The molecule has 2 unspecified atom stereocenters. The quantitative estimate of drug-likeness (QED) is 0.199. The number of carbonyl (C=O) groups is 1. The van der Waals surface area contributed by atoms with Crippen LogP contribution in [0.5, 0.6) is 0 Å². The Bertz CT molecular complexity index is 1620. The molecule has 1 amide bonds. The fourth-order valence-corrected chi connectivity index (χ4v) is 6.21. The van der Waals surface area contributed by atoms with Gasteiger partial charge in [-0.25, -0.2) is 14.8 Å². The summed E-state index contributed by atoms with van der Waals surface area (Å²) in [6, 6.07) is 28.9. The Morgan fingerprint density at radius 3 is 2.00 bits per heavy atom. The van der Waals surface area contributed by atoms with E-state index in [9.17, 15) is 9.90 Å². The summed E-state index contributed by atoms with van der Waals surface area (Å²) in [5, 5.41) is 11.6. The average Bonchev–Trinajstić information content (AvgIpc) is 3.59. The largest absolute Gasteiger partial charge is 0.444 e. The van der Waals surface area contributed by atoms with Crippen molar-refractivity contribution in [2.24, 2.45) is 0 Å². The molecule has 1 saturated heterocycles. The third-order valence-corrected chi connectivity index (χ3v) is 8.05. The van der Waals surface area contributed by atoms with Gasteiger partial charge in [0.25, 0.3) is 0 Å². The van der Waals surface area contributed by atoms with Crippen molar-refractivity contribution in [2.45, 2.75) is 56.6 Å². The number of nitrogens with zero attached hydrogens (tertiary/aromatic N) is 3. The number of aromatic amines is 1. The lowest BCUT2D eigenvalue weighted by Gasteiger charge is -2.38. The minimum atomic E-state index is -0.991. The number of likely N-dealkylation sites (tertiary alicyclic amines) is 1. The van der Waals surface area contributed by atoms with E-state index >= 15 is 0 Å². The van der Waals surface area contributed by atoms with E-state index in [-0.39, 0.29) is 18.8 Å². The van der Waals surface area contributed by atoms with Crippen LogP contribution in [0.3, 0.4) is 0 Å². The van der Waals surface area contributed by atoms with Crippen LogP contribution in [0.1, 0.15) is 55.5 Å². The van der Waals surface area contributed by atoms with E-state index < -0.39 is 35.5 Å². The van der Waals surface area contributed by atoms with Crippen molar-refractivity contribution in [3.8, 4) is 0 Å². The number of H-pyrrole nitrogens is 1. The van der Waals surface area contributed by atoms with Gasteiger partial charge in [0, 0.05) is 11.8 Å². The Morgan fingerprint density at radius 1 is 0.932 bits per heavy atom. The number of nitrogens with one attached hydrogen (secondary N) is 1. The first-order valence-corrected chi connectivity index (χ1v) is 14.8. The van der Waals surface area contributed by atoms with Crippen molar-refractivity contribution in [1.29, 1.82) is 0 Å². The average molecular weight is 592 g/mol. The predicted molar refractivity (Wildman–Crippen MR) is 169 cm³/mol. The van der Waals surface area contributed by atoms with Crippen molar-refractivity contribution in [1.82, 2.24) is 19.9 Å². The fourth-order valence-electron chi connectivity index (χ4n) is 6.21. The Morgan fingerprint density at radius 2 is 1.48 bits per heavy atom. The second-order valence-electron chi connectivity index (χ2n) is 12.1. The second kappa shape index (κ2) is 11.7. The lowest BCUT2D eigenvalue weighted by atomic mass is 9.80. The van der Waals surface area contributed by atoms with Crippen molar-refractivity contribution in [3.63, 3.8) is 0 Å². The van der Waals surface area contributed by atoms with Gasteiger partial charge in [0.15, 0.2) is 5.82 Å². The minimum absolute atomic E-state index is 0.116. The molecule has 4 N–H and O–H groups in total. The molecule has 0 radical (unpaired) electrons. The molecule has 1 aliphatic heterocycles. The van der Waals surface area contributed by atoms with Gasteiger partial charge in [0.05, 0.1) is 30.3 Å². The maximum atomic E-state index is 13.9. The molecule has 0 aliphatic carbocycles. The Hall–Kier alpha value is -4.73. The summed E-state index contributed by atoms with van der Waals surface area (Å²) in [4.78, 5) is 27.2. The first-order chi connectivity index (χ1) is 21.2. The molecule has 226 valence electrons. The van der Waals surface area contributed by atoms with Gasteiger partial charge >= 0.3 is 6.09 Å². The van der Waals surface area contributed by atoms with Crippen LogP contribution < -0.4 is 5.73 Å². The van der Waals surface area contributed by atoms with Crippen molar-refractivity contribution < 1.29 is 19.4 Å². The molecular weight excluding hydrogens is 554 g/mol. The van der Waals surface area contributed by atoms with Gasteiger partial charge in [-0.2, -0.15) is 0 Å². The summed E-state index contributed by atoms with van der Waals surface area (Å²) in [6.07, 6.45) is 1.92. The second-order valence-corrected chi connectivity index (χ2v) is 12.1. The number of hydrogen-bond donors (Lipinski definition) is 3. The van der Waals surface area contributed by atoms with Crippen LogP contribution in [-0.4, -0.2) is 55.4 Å². The van der Waals surface area contributed by atoms with Crippen LogP contribution in [0.4, 0.5) is 10.6 Å². The van der Waals surface area contributed by atoms with Crippen LogP contribution in [0.15, 0.2) is 104 Å². The van der Waals surface area contributed by atoms with Gasteiger partial charge in [-0.3, -0.25) is 4.90 Å². The number of nitrogen functional groups attached to an aromatic ring is 1. The molecule has 1 fully saturated rings. The number of ether oxygens (including phenoxy) is 2. The van der Waals surface area contributed by atoms with E-state index in [2.05, 4.69) is 15.0 Å². The zero-order valence-corrected chi connectivity index (χ0v) is 25.1. The summed E-state index contributed by atoms with van der Waals surface area (Å²) in [5.41, 5.74) is 8.92. The molecule has 1 aliphatic rings. The number of aliphatic hydroxyl groups excluding tert-OH is 1. The number of aliphatic hydroxyl groups is 1. The number of rotatable bonds is 7. The molecule has 5 aromatic rings. The summed E-state index contributed by atoms with van der Waals surface area (Å²) < 4.78 is 13.0.